The average molecular weight is 383 g/mol. The molecule has 0 unspecified atom stereocenters. The van der Waals surface area contributed by atoms with Gasteiger partial charge in [-0.15, -0.1) is 4.83 Å². The molecule has 1 amide bonds. The van der Waals surface area contributed by atoms with Crippen molar-refractivity contribution in [2.24, 2.45) is 0 Å². The lowest BCUT2D eigenvalue weighted by Crippen LogP contribution is -2.43. The fourth-order valence-corrected chi connectivity index (χ4v) is 3.02. The highest BCUT2D eigenvalue weighted by Crippen LogP contribution is 2.20. The van der Waals surface area contributed by atoms with Crippen molar-refractivity contribution < 1.29 is 17.9 Å². The van der Waals surface area contributed by atoms with E-state index in [2.05, 4.69) is 10.3 Å². The van der Waals surface area contributed by atoms with E-state index < -0.39 is 15.9 Å². The van der Waals surface area contributed by atoms with Crippen molar-refractivity contribution in [2.45, 2.75) is 25.7 Å². The summed E-state index contributed by atoms with van der Waals surface area (Å²) in [6, 6.07) is 9.70. The van der Waals surface area contributed by atoms with Crippen molar-refractivity contribution in [3.63, 3.8) is 0 Å². The summed E-state index contributed by atoms with van der Waals surface area (Å²) in [7, 11) is -3.84. The second-order valence-electron chi connectivity index (χ2n) is 5.60. The van der Waals surface area contributed by atoms with Gasteiger partial charge in [-0.25, -0.2) is 8.42 Å². The van der Waals surface area contributed by atoms with Crippen molar-refractivity contribution in [3.05, 3.63) is 58.1 Å². The van der Waals surface area contributed by atoms with Crippen LogP contribution in [0.1, 0.15) is 16.7 Å². The number of benzene rings is 2. The van der Waals surface area contributed by atoms with Crippen LogP contribution < -0.4 is 15.0 Å². The molecule has 134 valence electrons. The van der Waals surface area contributed by atoms with E-state index in [1.54, 1.807) is 24.3 Å². The van der Waals surface area contributed by atoms with Crippen LogP contribution in [0.3, 0.4) is 0 Å². The Morgan fingerprint density at radius 1 is 1.04 bits per heavy atom. The van der Waals surface area contributed by atoms with Crippen LogP contribution >= 0.6 is 11.6 Å². The van der Waals surface area contributed by atoms with Gasteiger partial charge in [-0.3, -0.25) is 10.2 Å². The molecule has 0 atom stereocenters. The van der Waals surface area contributed by atoms with Crippen LogP contribution in [0.15, 0.2) is 41.3 Å². The molecule has 2 N–H and O–H groups in total. The summed E-state index contributed by atoms with van der Waals surface area (Å²) in [5, 5.41) is 0.595. The Bertz CT molecular complexity index is 898. The Hall–Kier alpha value is -2.09. The maximum absolute atomic E-state index is 12.2. The third-order valence-electron chi connectivity index (χ3n) is 3.61. The summed E-state index contributed by atoms with van der Waals surface area (Å²) in [4.78, 5) is 13.9. The fourth-order valence-electron chi connectivity index (χ4n) is 1.96. The Morgan fingerprint density at radius 3 is 2.40 bits per heavy atom. The van der Waals surface area contributed by atoms with Gasteiger partial charge in [0.05, 0.1) is 4.90 Å². The predicted octanol–water partition coefficient (Wildman–Crippen LogP) is 2.65. The Labute approximate surface area is 152 Å². The highest BCUT2D eigenvalue weighted by Gasteiger charge is 2.16. The minimum atomic E-state index is -3.84. The first-order valence-corrected chi connectivity index (χ1v) is 9.32. The lowest BCUT2D eigenvalue weighted by molar-refractivity contribution is -0.123. The molecule has 2 aromatic rings. The van der Waals surface area contributed by atoms with Gasteiger partial charge in [0.2, 0.25) is 0 Å². The number of hydrogen-bond acceptors (Lipinski definition) is 4. The first-order chi connectivity index (χ1) is 11.7. The predicted molar refractivity (Wildman–Crippen MR) is 96.1 cm³/mol. The molecular weight excluding hydrogens is 364 g/mol. The molecule has 0 aromatic heterocycles. The molecule has 0 spiro atoms. The van der Waals surface area contributed by atoms with Crippen molar-refractivity contribution in [3.8, 4) is 5.75 Å². The van der Waals surface area contributed by atoms with Crippen LogP contribution in [0.4, 0.5) is 0 Å². The summed E-state index contributed by atoms with van der Waals surface area (Å²) in [6.45, 7) is 5.18. The normalized spacial score (nSPS) is 11.2. The molecule has 0 aliphatic rings. The molecule has 0 saturated heterocycles. The van der Waals surface area contributed by atoms with E-state index in [9.17, 15) is 13.2 Å². The molecule has 0 heterocycles. The molecule has 0 fully saturated rings. The number of hydrogen-bond donors (Lipinski definition) is 2. The standard InChI is InChI=1S/C17H19ClN2O4S/c1-11-4-6-15(9-12(11)2)25(22,23)20-19-17(21)10-24-14-5-7-16(18)13(3)8-14/h4-9,20H,10H2,1-3H3,(H,19,21). The van der Waals surface area contributed by atoms with Crippen LogP contribution in [-0.4, -0.2) is 20.9 Å². The van der Waals surface area contributed by atoms with Crippen molar-refractivity contribution in [1.82, 2.24) is 10.3 Å². The molecule has 0 bridgehead atoms. The van der Waals surface area contributed by atoms with E-state index in [1.807, 2.05) is 20.8 Å². The van der Waals surface area contributed by atoms with Gasteiger partial charge < -0.3 is 4.74 Å². The van der Waals surface area contributed by atoms with Gasteiger partial charge >= 0.3 is 0 Å². The largest absolute Gasteiger partial charge is 0.484 e. The molecule has 2 aromatic carbocycles. The topological polar surface area (TPSA) is 84.5 Å². The average Bonchev–Trinajstić information content (AvgIpc) is 2.56. The molecule has 0 aliphatic carbocycles. The summed E-state index contributed by atoms with van der Waals surface area (Å²) >= 11 is 5.91. The van der Waals surface area contributed by atoms with Gasteiger partial charge in [0.25, 0.3) is 15.9 Å². The first-order valence-electron chi connectivity index (χ1n) is 7.46. The summed E-state index contributed by atoms with van der Waals surface area (Å²) < 4.78 is 29.7. The van der Waals surface area contributed by atoms with Gasteiger partial charge in [-0.1, -0.05) is 17.7 Å². The zero-order chi connectivity index (χ0) is 18.6. The van der Waals surface area contributed by atoms with Crippen molar-refractivity contribution >= 4 is 27.5 Å². The van der Waals surface area contributed by atoms with E-state index in [4.69, 9.17) is 16.3 Å². The highest BCUT2D eigenvalue weighted by atomic mass is 35.5. The van der Waals surface area contributed by atoms with E-state index in [0.29, 0.717) is 10.8 Å². The van der Waals surface area contributed by atoms with Crippen molar-refractivity contribution in [1.29, 1.82) is 0 Å². The number of carbonyl (C=O) groups excluding carboxylic acids is 1. The number of amides is 1. The second kappa shape index (κ2) is 7.86. The maximum atomic E-state index is 12.2. The number of rotatable bonds is 6. The minimum Gasteiger partial charge on any atom is -0.484 e. The van der Waals surface area contributed by atoms with Gasteiger partial charge in [0.15, 0.2) is 6.61 Å². The smallest absolute Gasteiger partial charge is 0.272 e. The molecular formula is C17H19ClN2O4S. The summed E-state index contributed by atoms with van der Waals surface area (Å²) in [5.41, 5.74) is 4.76. The number of carbonyl (C=O) groups is 1. The number of sulfonamides is 1. The third kappa shape index (κ3) is 5.19. The highest BCUT2D eigenvalue weighted by molar-refractivity contribution is 7.89. The van der Waals surface area contributed by atoms with Crippen molar-refractivity contribution in [2.75, 3.05) is 6.61 Å². The lowest BCUT2D eigenvalue weighted by atomic mass is 10.1. The van der Waals surface area contributed by atoms with Crippen LogP contribution in [0.5, 0.6) is 5.75 Å². The van der Waals surface area contributed by atoms with Crippen LogP contribution in [-0.2, 0) is 14.8 Å². The first kappa shape index (κ1) is 19.2. The van der Waals surface area contributed by atoms with Gasteiger partial charge in [-0.05, 0) is 67.8 Å². The zero-order valence-corrected chi connectivity index (χ0v) is 15.7. The zero-order valence-electron chi connectivity index (χ0n) is 14.1. The number of aryl methyl sites for hydroxylation is 3. The Kier molecular flexibility index (Phi) is 6.05. The lowest BCUT2D eigenvalue weighted by Gasteiger charge is -2.11. The summed E-state index contributed by atoms with van der Waals surface area (Å²) in [6.07, 6.45) is 0. The maximum Gasteiger partial charge on any atom is 0.272 e. The van der Waals surface area contributed by atoms with Crippen LogP contribution in [0.25, 0.3) is 0 Å². The summed E-state index contributed by atoms with van der Waals surface area (Å²) in [5.74, 6) is -0.158. The molecule has 2 rings (SSSR count). The van der Waals surface area contributed by atoms with E-state index in [-0.39, 0.29) is 11.5 Å². The third-order valence-corrected chi connectivity index (χ3v) is 5.28. The molecule has 0 aliphatic heterocycles. The molecule has 25 heavy (non-hydrogen) atoms. The second-order valence-corrected chi connectivity index (χ2v) is 7.69. The Balaban J connectivity index is 1.92. The fraction of sp³-hybridized carbons (Fsp3) is 0.235. The number of halogens is 1. The van der Waals surface area contributed by atoms with Gasteiger partial charge in [-0.2, -0.15) is 0 Å². The number of ether oxygens (including phenoxy) is 1. The van der Waals surface area contributed by atoms with E-state index in [1.165, 1.54) is 12.1 Å². The van der Waals surface area contributed by atoms with Crippen LogP contribution in [0.2, 0.25) is 5.02 Å². The number of nitrogens with one attached hydrogen (secondary N) is 2. The van der Waals surface area contributed by atoms with Gasteiger partial charge in [0.1, 0.15) is 5.75 Å². The number of hydrazine groups is 1. The molecule has 8 heteroatoms. The minimum absolute atomic E-state index is 0.0742. The van der Waals surface area contributed by atoms with Gasteiger partial charge in [0, 0.05) is 5.02 Å². The Morgan fingerprint density at radius 2 is 1.76 bits per heavy atom. The molecule has 0 saturated carbocycles. The quantitative estimate of drug-likeness (QED) is 0.752. The van der Waals surface area contributed by atoms with E-state index >= 15 is 0 Å². The molecule has 6 nitrogen and oxygen atoms in total. The van der Waals surface area contributed by atoms with E-state index in [0.717, 1.165) is 16.7 Å². The SMILES string of the molecule is Cc1ccc(S(=O)(=O)NNC(=O)COc2ccc(Cl)c(C)c2)cc1C. The monoisotopic (exact) mass is 382 g/mol. The molecule has 0 radical (unpaired) electrons. The van der Waals surface area contributed by atoms with Crippen LogP contribution in [0, 0.1) is 20.8 Å².